The van der Waals surface area contributed by atoms with Gasteiger partial charge in [0.1, 0.15) is 0 Å². The van der Waals surface area contributed by atoms with Crippen molar-refractivity contribution in [3.63, 3.8) is 0 Å². The summed E-state index contributed by atoms with van der Waals surface area (Å²) in [5.74, 6) is 0. The van der Waals surface area contributed by atoms with Crippen LogP contribution >= 0.6 is 0 Å². The summed E-state index contributed by atoms with van der Waals surface area (Å²) in [7, 11) is -4.67. The zero-order valence-corrected chi connectivity index (χ0v) is 8.53. The van der Waals surface area contributed by atoms with Gasteiger partial charge in [-0.25, -0.2) is 0 Å². The Morgan fingerprint density at radius 3 is 2.07 bits per heavy atom. The summed E-state index contributed by atoms with van der Waals surface area (Å²) in [6, 6.07) is 10.7. The molecule has 0 amide bonds. The van der Waals surface area contributed by atoms with E-state index in [9.17, 15) is 0 Å². The maximum atomic E-state index is 8.74. The van der Waals surface area contributed by atoms with E-state index < -0.39 is 10.4 Å². The van der Waals surface area contributed by atoms with Crippen LogP contribution in [0.3, 0.4) is 0 Å². The predicted octanol–water partition coefficient (Wildman–Crippen LogP) is -2.70. The molecule has 1 aromatic rings. The smallest absolute Gasteiger partial charge is 0.328 e. The molecule has 7 heteroatoms. The number of nitrogens with two attached hydrogens (primary N) is 1. The fraction of sp³-hybridized carbons (Fsp3) is 0.143. The zero-order valence-electron chi connectivity index (χ0n) is 7.71. The van der Waals surface area contributed by atoms with Crippen LogP contribution in [-0.2, 0) is 16.9 Å². The van der Waals surface area contributed by atoms with Gasteiger partial charge < -0.3 is 5.73 Å². The molecule has 4 N–H and O–H groups in total. The second-order valence-corrected chi connectivity index (χ2v) is 2.94. The van der Waals surface area contributed by atoms with Gasteiger partial charge in [0.05, 0.1) is 0 Å². The minimum atomic E-state index is -4.67. The molecule has 74 valence electrons. The minimum absolute atomic E-state index is 0. The molecule has 5 nitrogen and oxygen atoms in total. The van der Waals surface area contributed by atoms with Gasteiger partial charge in [0.25, 0.3) is 0 Å². The second kappa shape index (κ2) is 8.00. The third kappa shape index (κ3) is 14.2. The molecule has 0 fully saturated rings. The Labute approximate surface area is 95.1 Å². The van der Waals surface area contributed by atoms with Gasteiger partial charge in [-0.05, 0) is 6.54 Å². The first-order valence-electron chi connectivity index (χ1n) is 3.29. The summed E-state index contributed by atoms with van der Waals surface area (Å²) in [4.78, 5) is 0. The molecule has 1 aromatic carbocycles. The SMILES string of the molecule is NCc1[c-]cccc1.O=S(=O)(O)O.[Li+]. The van der Waals surface area contributed by atoms with E-state index in [-0.39, 0.29) is 18.9 Å². The molecule has 0 aliphatic heterocycles. The fourth-order valence-electron chi connectivity index (χ4n) is 0.557. The van der Waals surface area contributed by atoms with Crippen molar-refractivity contribution in [2.45, 2.75) is 6.54 Å². The predicted molar refractivity (Wildman–Crippen MR) is 47.3 cm³/mol. The minimum Gasteiger partial charge on any atom is -0.328 e. The maximum absolute atomic E-state index is 8.74. The molecule has 0 aliphatic rings. The van der Waals surface area contributed by atoms with Crippen molar-refractivity contribution in [1.29, 1.82) is 0 Å². The maximum Gasteiger partial charge on any atom is 1.00 e. The van der Waals surface area contributed by atoms with E-state index in [4.69, 9.17) is 23.3 Å². The van der Waals surface area contributed by atoms with Crippen LogP contribution in [0.2, 0.25) is 0 Å². The molecule has 1 rings (SSSR count). The van der Waals surface area contributed by atoms with Gasteiger partial charge in [0, 0.05) is 0 Å². The standard InChI is InChI=1S/C7H8N.Li.H2O4S/c8-6-7-4-2-1-3-5-7;;1-5(2,3)4/h1-4H,6,8H2;;(H2,1,2,3,4)/q-1;+1;. The van der Waals surface area contributed by atoms with Crippen molar-refractivity contribution in [2.75, 3.05) is 0 Å². The Balaban J connectivity index is 0. The largest absolute Gasteiger partial charge is 1.00 e. The average molecular weight is 211 g/mol. The molecule has 0 atom stereocenters. The zero-order chi connectivity index (χ0) is 10.3. The van der Waals surface area contributed by atoms with Gasteiger partial charge in [0.15, 0.2) is 0 Å². The first-order valence-corrected chi connectivity index (χ1v) is 4.68. The van der Waals surface area contributed by atoms with E-state index in [2.05, 4.69) is 6.07 Å². The molecule has 0 aromatic heterocycles. The monoisotopic (exact) mass is 211 g/mol. The van der Waals surface area contributed by atoms with Crippen LogP contribution in [-0.4, -0.2) is 17.5 Å². The normalized spacial score (nSPS) is 9.36. The van der Waals surface area contributed by atoms with Crippen LogP contribution in [0.25, 0.3) is 0 Å². The van der Waals surface area contributed by atoms with Crippen LogP contribution in [0.4, 0.5) is 0 Å². The summed E-state index contributed by atoms with van der Waals surface area (Å²) in [6.45, 7) is 0.584. The molecule has 0 saturated carbocycles. The Kier molecular flexibility index (Phi) is 9.19. The molecule has 0 spiro atoms. The molecular formula is C7H10LiNO4S. The average Bonchev–Trinajstić information content (AvgIpc) is 2.03. The third-order valence-corrected chi connectivity index (χ3v) is 0.993. The van der Waals surface area contributed by atoms with Crippen molar-refractivity contribution < 1.29 is 36.4 Å². The quantitative estimate of drug-likeness (QED) is 0.266. The van der Waals surface area contributed by atoms with Gasteiger partial charge in [-0.1, -0.05) is 0 Å². The molecule has 0 aliphatic carbocycles. The Morgan fingerprint density at radius 2 is 1.86 bits per heavy atom. The summed E-state index contributed by atoms with van der Waals surface area (Å²) < 4.78 is 31.6. The first kappa shape index (κ1) is 16.1. The number of hydrogen-bond acceptors (Lipinski definition) is 3. The van der Waals surface area contributed by atoms with Crippen LogP contribution in [0.15, 0.2) is 24.3 Å². The van der Waals surface area contributed by atoms with Crippen molar-refractivity contribution in [3.05, 3.63) is 35.9 Å². The molecule has 0 heterocycles. The van der Waals surface area contributed by atoms with Crippen molar-refractivity contribution in [3.8, 4) is 0 Å². The van der Waals surface area contributed by atoms with Gasteiger partial charge in [0.2, 0.25) is 0 Å². The molecule has 0 unspecified atom stereocenters. The van der Waals surface area contributed by atoms with Crippen LogP contribution < -0.4 is 24.6 Å². The number of benzene rings is 1. The Morgan fingerprint density at radius 1 is 1.36 bits per heavy atom. The summed E-state index contributed by atoms with van der Waals surface area (Å²) in [6.07, 6.45) is 0. The number of hydrogen-bond donors (Lipinski definition) is 3. The molecule has 0 saturated heterocycles. The fourth-order valence-corrected chi connectivity index (χ4v) is 0.557. The van der Waals surface area contributed by atoms with Crippen LogP contribution in [0, 0.1) is 6.07 Å². The van der Waals surface area contributed by atoms with Crippen LogP contribution in [0.1, 0.15) is 5.56 Å². The number of rotatable bonds is 1. The molecular weight excluding hydrogens is 201 g/mol. The van der Waals surface area contributed by atoms with E-state index in [1.165, 1.54) is 0 Å². The van der Waals surface area contributed by atoms with E-state index in [0.717, 1.165) is 5.56 Å². The van der Waals surface area contributed by atoms with Crippen molar-refractivity contribution in [2.24, 2.45) is 5.73 Å². The van der Waals surface area contributed by atoms with E-state index in [1.807, 2.05) is 24.3 Å². The van der Waals surface area contributed by atoms with Crippen LogP contribution in [0.5, 0.6) is 0 Å². The molecule has 14 heavy (non-hydrogen) atoms. The van der Waals surface area contributed by atoms with Crippen molar-refractivity contribution >= 4 is 10.4 Å². The second-order valence-electron chi connectivity index (χ2n) is 2.04. The Hall–Kier alpha value is -0.353. The van der Waals surface area contributed by atoms with E-state index >= 15 is 0 Å². The molecule has 0 bridgehead atoms. The summed E-state index contributed by atoms with van der Waals surface area (Å²) >= 11 is 0. The first-order chi connectivity index (χ1) is 5.93. The summed E-state index contributed by atoms with van der Waals surface area (Å²) in [5.41, 5.74) is 6.38. The van der Waals surface area contributed by atoms with E-state index in [0.29, 0.717) is 6.54 Å². The van der Waals surface area contributed by atoms with Gasteiger partial charge >= 0.3 is 29.3 Å². The van der Waals surface area contributed by atoms with Gasteiger partial charge in [-0.15, -0.1) is 5.56 Å². The van der Waals surface area contributed by atoms with Gasteiger partial charge in [-0.2, -0.15) is 38.7 Å². The topological polar surface area (TPSA) is 101 Å². The van der Waals surface area contributed by atoms with Gasteiger partial charge in [-0.3, -0.25) is 9.11 Å². The van der Waals surface area contributed by atoms with Crippen molar-refractivity contribution in [1.82, 2.24) is 0 Å². The summed E-state index contributed by atoms with van der Waals surface area (Å²) in [5, 5.41) is 0. The molecule has 0 radical (unpaired) electrons. The Bertz CT molecular complexity index is 319. The third-order valence-electron chi connectivity index (χ3n) is 0.993. The van der Waals surface area contributed by atoms with E-state index in [1.54, 1.807) is 0 Å².